The van der Waals surface area contributed by atoms with E-state index >= 15 is 0 Å². The van der Waals surface area contributed by atoms with Crippen LogP contribution in [0.15, 0.2) is 54.6 Å². The van der Waals surface area contributed by atoms with Gasteiger partial charge in [0.15, 0.2) is 0 Å². The number of benzene rings is 3. The normalized spacial score (nSPS) is 41.6. The van der Waals surface area contributed by atoms with Gasteiger partial charge in [0.2, 0.25) is 0 Å². The first kappa shape index (κ1) is 24.6. The van der Waals surface area contributed by atoms with Gasteiger partial charge in [-0.1, -0.05) is 86.7 Å². The van der Waals surface area contributed by atoms with E-state index in [1.807, 2.05) is 0 Å². The first-order valence-corrected chi connectivity index (χ1v) is 18.5. The highest BCUT2D eigenvalue weighted by Crippen LogP contribution is 2.70. The highest BCUT2D eigenvalue weighted by atomic mass is 32.1. The maximum atomic E-state index is 2.58. The van der Waals surface area contributed by atoms with Gasteiger partial charge in [0.05, 0.1) is 0 Å². The molecule has 1 heteroatoms. The predicted molar refractivity (Wildman–Crippen MR) is 174 cm³/mol. The van der Waals surface area contributed by atoms with Crippen LogP contribution in [-0.4, -0.2) is 0 Å². The standard InChI is InChI=1S/C40H46S/c1-2-10-25-23(9-1)19-20-34-33-18-7-15-26(40(33)41-39(25)34)24-21-35-29-13-5-3-11-27(29)31-16-8-17-32-28-12-4-6-14-30(28)36(22-24)38(35)37(31)32/h1-2,7,9-10,15,18-20,24,27-32,35-38H,3-6,8,11-14,16-17,21-22H2. The van der Waals surface area contributed by atoms with E-state index in [9.17, 15) is 0 Å². The van der Waals surface area contributed by atoms with Crippen LogP contribution in [0.1, 0.15) is 95.0 Å². The molecule has 212 valence electrons. The molecule has 10 rings (SSSR count). The number of hydrogen-bond donors (Lipinski definition) is 0. The van der Waals surface area contributed by atoms with Crippen molar-refractivity contribution in [3.05, 3.63) is 60.2 Å². The van der Waals surface area contributed by atoms with Gasteiger partial charge in [-0.05, 0) is 133 Å². The Morgan fingerprint density at radius 1 is 0.439 bits per heavy atom. The van der Waals surface area contributed by atoms with Gasteiger partial charge < -0.3 is 0 Å². The van der Waals surface area contributed by atoms with Crippen molar-refractivity contribution in [2.45, 2.75) is 89.4 Å². The highest BCUT2D eigenvalue weighted by molar-refractivity contribution is 7.26. The lowest BCUT2D eigenvalue weighted by molar-refractivity contribution is -0.189. The summed E-state index contributed by atoms with van der Waals surface area (Å²) in [5.41, 5.74) is 1.74. The van der Waals surface area contributed by atoms with E-state index in [0.717, 1.165) is 65.1 Å². The maximum Gasteiger partial charge on any atom is 0.0433 e. The van der Waals surface area contributed by atoms with Gasteiger partial charge >= 0.3 is 0 Å². The van der Waals surface area contributed by atoms with Crippen molar-refractivity contribution in [3.8, 4) is 0 Å². The van der Waals surface area contributed by atoms with Gasteiger partial charge in [-0.15, -0.1) is 11.3 Å². The summed E-state index contributed by atoms with van der Waals surface area (Å²) in [5.74, 6) is 11.4. The molecule has 6 aliphatic carbocycles. The Morgan fingerprint density at radius 3 is 1.71 bits per heavy atom. The zero-order chi connectivity index (χ0) is 26.7. The van der Waals surface area contributed by atoms with Crippen molar-refractivity contribution in [2.24, 2.45) is 59.2 Å². The smallest absolute Gasteiger partial charge is 0.0433 e. The molecule has 1 heterocycles. The molecule has 0 radical (unpaired) electrons. The van der Waals surface area contributed by atoms with Gasteiger partial charge in [-0.2, -0.15) is 0 Å². The van der Waals surface area contributed by atoms with E-state index in [1.54, 1.807) is 55.2 Å². The van der Waals surface area contributed by atoms with Crippen molar-refractivity contribution in [3.63, 3.8) is 0 Å². The van der Waals surface area contributed by atoms with Crippen LogP contribution in [0.25, 0.3) is 30.9 Å². The molecular formula is C40H46S. The number of fused-ring (bicyclic) bond motifs is 11. The molecular weight excluding hydrogens is 513 g/mol. The molecule has 6 saturated carbocycles. The van der Waals surface area contributed by atoms with Crippen LogP contribution in [0.2, 0.25) is 0 Å². The minimum atomic E-state index is 0.770. The average molecular weight is 559 g/mol. The summed E-state index contributed by atoms with van der Waals surface area (Å²) in [6.07, 6.45) is 20.1. The molecule has 6 fully saturated rings. The van der Waals surface area contributed by atoms with E-state index < -0.39 is 0 Å². The van der Waals surface area contributed by atoms with E-state index in [-0.39, 0.29) is 0 Å². The van der Waals surface area contributed by atoms with Crippen LogP contribution in [0, 0.1) is 59.2 Å². The van der Waals surface area contributed by atoms with Crippen LogP contribution >= 0.6 is 11.3 Å². The Morgan fingerprint density at radius 2 is 1.00 bits per heavy atom. The van der Waals surface area contributed by atoms with Crippen LogP contribution in [0.3, 0.4) is 0 Å². The molecule has 3 aromatic carbocycles. The summed E-state index contributed by atoms with van der Waals surface area (Å²) in [6.45, 7) is 0. The minimum absolute atomic E-state index is 0.770. The monoisotopic (exact) mass is 558 g/mol. The summed E-state index contributed by atoms with van der Waals surface area (Å²) in [6, 6.07) is 21.3. The third-order valence-corrected chi connectivity index (χ3v) is 15.7. The highest BCUT2D eigenvalue weighted by Gasteiger charge is 2.63. The van der Waals surface area contributed by atoms with Crippen LogP contribution < -0.4 is 0 Å². The zero-order valence-corrected chi connectivity index (χ0v) is 25.5. The first-order valence-electron chi connectivity index (χ1n) is 17.7. The van der Waals surface area contributed by atoms with Crippen molar-refractivity contribution in [2.75, 3.05) is 0 Å². The van der Waals surface area contributed by atoms with Crippen LogP contribution in [0.5, 0.6) is 0 Å². The molecule has 0 aliphatic heterocycles. The van der Waals surface area contributed by atoms with Crippen molar-refractivity contribution in [1.82, 2.24) is 0 Å². The van der Waals surface area contributed by atoms with Crippen molar-refractivity contribution < 1.29 is 0 Å². The Balaban J connectivity index is 1.12. The molecule has 4 aromatic rings. The molecule has 8 unspecified atom stereocenters. The molecule has 0 bridgehead atoms. The fraction of sp³-hybridized carbons (Fsp3) is 0.600. The summed E-state index contributed by atoms with van der Waals surface area (Å²) in [5, 5.41) is 5.86. The lowest BCUT2D eigenvalue weighted by Gasteiger charge is -2.68. The van der Waals surface area contributed by atoms with Gasteiger partial charge in [0.25, 0.3) is 0 Å². The van der Waals surface area contributed by atoms with Gasteiger partial charge in [-0.3, -0.25) is 0 Å². The SMILES string of the molecule is c1ccc2c(c1)ccc1c3cccc(C4CC5C6CCCCC6C6CCCC7C8CCCCC8C(C4)C5C67)c3sc21. The second-order valence-corrected chi connectivity index (χ2v) is 16.6. The van der Waals surface area contributed by atoms with E-state index in [1.165, 1.54) is 64.8 Å². The van der Waals surface area contributed by atoms with E-state index in [2.05, 4.69) is 65.9 Å². The minimum Gasteiger partial charge on any atom is -0.134 e. The van der Waals surface area contributed by atoms with E-state index in [0.29, 0.717) is 0 Å². The average Bonchev–Trinajstić information content (AvgIpc) is 3.44. The Labute approximate surface area is 250 Å². The molecule has 6 aliphatic rings. The second-order valence-electron chi connectivity index (χ2n) is 15.6. The molecule has 0 spiro atoms. The summed E-state index contributed by atoms with van der Waals surface area (Å²) < 4.78 is 3.14. The van der Waals surface area contributed by atoms with Gasteiger partial charge in [0.1, 0.15) is 0 Å². The van der Waals surface area contributed by atoms with Crippen LogP contribution in [0.4, 0.5) is 0 Å². The molecule has 0 saturated heterocycles. The first-order chi connectivity index (χ1) is 20.3. The maximum absolute atomic E-state index is 2.58. The van der Waals surface area contributed by atoms with Gasteiger partial charge in [0, 0.05) is 20.2 Å². The zero-order valence-electron chi connectivity index (χ0n) is 24.6. The number of hydrogen-bond acceptors (Lipinski definition) is 1. The van der Waals surface area contributed by atoms with Gasteiger partial charge in [-0.25, -0.2) is 0 Å². The molecule has 41 heavy (non-hydrogen) atoms. The lowest BCUT2D eigenvalue weighted by Crippen LogP contribution is -2.61. The van der Waals surface area contributed by atoms with Crippen molar-refractivity contribution >= 4 is 42.3 Å². The number of thiophene rings is 1. The summed E-state index contributed by atoms with van der Waals surface area (Å²) in [7, 11) is 0. The molecule has 0 N–H and O–H groups in total. The number of rotatable bonds is 1. The van der Waals surface area contributed by atoms with E-state index in [4.69, 9.17) is 0 Å². The molecule has 0 amide bonds. The summed E-state index contributed by atoms with van der Waals surface area (Å²) >= 11 is 2.12. The van der Waals surface area contributed by atoms with Crippen molar-refractivity contribution in [1.29, 1.82) is 0 Å². The topological polar surface area (TPSA) is 0 Å². The third-order valence-electron chi connectivity index (χ3n) is 14.4. The predicted octanol–water partition coefficient (Wildman–Crippen LogP) is 11.6. The lowest BCUT2D eigenvalue weighted by atomic mass is 9.37. The quantitative estimate of drug-likeness (QED) is 0.218. The molecule has 0 nitrogen and oxygen atoms in total. The summed E-state index contributed by atoms with van der Waals surface area (Å²) in [4.78, 5) is 0. The Kier molecular flexibility index (Phi) is 5.58. The second kappa shape index (κ2) is 9.32. The molecule has 1 aromatic heterocycles. The Bertz CT molecular complexity index is 1580. The fourth-order valence-electron chi connectivity index (χ4n) is 13.4. The fourth-order valence-corrected chi connectivity index (χ4v) is 14.8. The third kappa shape index (κ3) is 3.45. The van der Waals surface area contributed by atoms with Crippen LogP contribution in [-0.2, 0) is 0 Å². The largest absolute Gasteiger partial charge is 0.134 e. The Hall–Kier alpha value is -1.86. The molecule has 8 atom stereocenters.